The summed E-state index contributed by atoms with van der Waals surface area (Å²) in [7, 11) is 0. The SMILES string of the molecule is CC1CCc2c(C(=O)Nc3ccccc3Cl)csc2C1. The second kappa shape index (κ2) is 5.58. The maximum Gasteiger partial charge on any atom is 0.256 e. The van der Waals surface area contributed by atoms with Crippen LogP contribution in [0.4, 0.5) is 5.69 Å². The maximum absolute atomic E-state index is 12.4. The van der Waals surface area contributed by atoms with Gasteiger partial charge in [0.1, 0.15) is 0 Å². The molecule has 1 aromatic heterocycles. The lowest BCUT2D eigenvalue weighted by molar-refractivity contribution is 0.102. The minimum Gasteiger partial charge on any atom is -0.321 e. The molecule has 0 fully saturated rings. The maximum atomic E-state index is 12.4. The molecule has 0 bridgehead atoms. The number of rotatable bonds is 2. The lowest BCUT2D eigenvalue weighted by atomic mass is 9.88. The van der Waals surface area contributed by atoms with Crippen molar-refractivity contribution in [3.05, 3.63) is 50.7 Å². The van der Waals surface area contributed by atoms with Gasteiger partial charge >= 0.3 is 0 Å². The Morgan fingerprint density at radius 1 is 1.40 bits per heavy atom. The Kier molecular flexibility index (Phi) is 3.81. The Hall–Kier alpha value is -1.32. The van der Waals surface area contributed by atoms with E-state index in [1.807, 2.05) is 23.6 Å². The molecule has 1 heterocycles. The first-order chi connectivity index (χ1) is 9.65. The predicted octanol–water partition coefficient (Wildman–Crippen LogP) is 4.78. The molecule has 0 saturated heterocycles. The molecule has 1 aromatic carbocycles. The summed E-state index contributed by atoms with van der Waals surface area (Å²) >= 11 is 7.79. The molecule has 20 heavy (non-hydrogen) atoms. The van der Waals surface area contributed by atoms with Crippen molar-refractivity contribution >= 4 is 34.5 Å². The van der Waals surface area contributed by atoms with Crippen LogP contribution in [-0.4, -0.2) is 5.91 Å². The van der Waals surface area contributed by atoms with Gasteiger partial charge in [0.05, 0.1) is 16.3 Å². The summed E-state index contributed by atoms with van der Waals surface area (Å²) in [6.07, 6.45) is 3.26. The zero-order chi connectivity index (χ0) is 14.1. The van der Waals surface area contributed by atoms with Crippen LogP contribution in [0.2, 0.25) is 5.02 Å². The number of hydrogen-bond acceptors (Lipinski definition) is 2. The molecular formula is C16H16ClNOS. The van der Waals surface area contributed by atoms with E-state index >= 15 is 0 Å². The first kappa shape index (κ1) is 13.7. The quantitative estimate of drug-likeness (QED) is 0.850. The molecule has 104 valence electrons. The second-order valence-electron chi connectivity index (χ2n) is 5.33. The molecule has 1 N–H and O–H groups in total. The Labute approximate surface area is 127 Å². The van der Waals surface area contributed by atoms with E-state index in [2.05, 4.69) is 12.2 Å². The van der Waals surface area contributed by atoms with Gasteiger partial charge in [-0.3, -0.25) is 4.79 Å². The number of carbonyl (C=O) groups is 1. The molecule has 0 radical (unpaired) electrons. The number of fused-ring (bicyclic) bond motifs is 1. The highest BCUT2D eigenvalue weighted by molar-refractivity contribution is 7.10. The standard InChI is InChI=1S/C16H16ClNOS/c1-10-6-7-11-12(9-20-15(11)8-10)16(19)18-14-5-3-2-4-13(14)17/h2-5,9-10H,6-8H2,1H3,(H,18,19). The molecule has 1 aliphatic carbocycles. The third-order valence-electron chi connectivity index (χ3n) is 3.77. The van der Waals surface area contributed by atoms with Gasteiger partial charge in [0.2, 0.25) is 0 Å². The third-order valence-corrected chi connectivity index (χ3v) is 5.15. The monoisotopic (exact) mass is 305 g/mol. The van der Waals surface area contributed by atoms with Crippen LogP contribution >= 0.6 is 22.9 Å². The number of para-hydroxylation sites is 1. The van der Waals surface area contributed by atoms with Gasteiger partial charge in [-0.15, -0.1) is 11.3 Å². The fourth-order valence-corrected chi connectivity index (χ4v) is 4.05. The summed E-state index contributed by atoms with van der Waals surface area (Å²) < 4.78 is 0. The molecule has 1 aliphatic rings. The van der Waals surface area contributed by atoms with Gasteiger partial charge in [-0.2, -0.15) is 0 Å². The first-order valence-corrected chi connectivity index (χ1v) is 8.06. The first-order valence-electron chi connectivity index (χ1n) is 6.80. The zero-order valence-electron chi connectivity index (χ0n) is 11.3. The fraction of sp³-hybridized carbons (Fsp3) is 0.312. The van der Waals surface area contributed by atoms with Crippen LogP contribution in [0, 0.1) is 5.92 Å². The van der Waals surface area contributed by atoms with E-state index in [-0.39, 0.29) is 5.91 Å². The van der Waals surface area contributed by atoms with Crippen LogP contribution in [-0.2, 0) is 12.8 Å². The van der Waals surface area contributed by atoms with Crippen LogP contribution in [0.15, 0.2) is 29.6 Å². The highest BCUT2D eigenvalue weighted by Gasteiger charge is 2.23. The summed E-state index contributed by atoms with van der Waals surface area (Å²) in [6.45, 7) is 2.27. The number of carbonyl (C=O) groups excluding carboxylic acids is 1. The minimum atomic E-state index is -0.0508. The molecule has 4 heteroatoms. The summed E-state index contributed by atoms with van der Waals surface area (Å²) in [5.74, 6) is 0.672. The number of nitrogens with one attached hydrogen (secondary N) is 1. The topological polar surface area (TPSA) is 29.1 Å². The van der Waals surface area contributed by atoms with Crippen LogP contribution in [0.5, 0.6) is 0 Å². The van der Waals surface area contributed by atoms with E-state index in [4.69, 9.17) is 11.6 Å². The van der Waals surface area contributed by atoms with Crippen LogP contribution in [0.3, 0.4) is 0 Å². The van der Waals surface area contributed by atoms with Gasteiger partial charge in [0.25, 0.3) is 5.91 Å². The molecule has 3 rings (SSSR count). The summed E-state index contributed by atoms with van der Waals surface area (Å²) in [5, 5.41) is 5.46. The number of halogens is 1. The molecule has 2 nitrogen and oxygen atoms in total. The molecule has 0 aliphatic heterocycles. The fourth-order valence-electron chi connectivity index (χ4n) is 2.62. The van der Waals surface area contributed by atoms with Crippen molar-refractivity contribution in [1.82, 2.24) is 0 Å². The van der Waals surface area contributed by atoms with Gasteiger partial charge in [0.15, 0.2) is 0 Å². The average molecular weight is 306 g/mol. The average Bonchev–Trinajstić information content (AvgIpc) is 2.84. The molecule has 1 atom stereocenters. The van der Waals surface area contributed by atoms with Gasteiger partial charge in [0, 0.05) is 10.3 Å². The number of anilines is 1. The van der Waals surface area contributed by atoms with Gasteiger partial charge in [-0.05, 0) is 42.9 Å². The Balaban J connectivity index is 1.84. The van der Waals surface area contributed by atoms with Crippen molar-refractivity contribution < 1.29 is 4.79 Å². The van der Waals surface area contributed by atoms with Crippen LogP contribution < -0.4 is 5.32 Å². The Morgan fingerprint density at radius 2 is 2.20 bits per heavy atom. The van der Waals surface area contributed by atoms with E-state index in [0.29, 0.717) is 10.7 Å². The second-order valence-corrected chi connectivity index (χ2v) is 6.70. The van der Waals surface area contributed by atoms with E-state index in [0.717, 1.165) is 30.7 Å². The number of thiophene rings is 1. The summed E-state index contributed by atoms with van der Waals surface area (Å²) in [5.41, 5.74) is 2.72. The summed E-state index contributed by atoms with van der Waals surface area (Å²) in [4.78, 5) is 13.8. The van der Waals surface area contributed by atoms with E-state index in [1.165, 1.54) is 10.4 Å². The predicted molar refractivity (Wildman–Crippen MR) is 84.9 cm³/mol. The van der Waals surface area contributed by atoms with Crippen LogP contribution in [0.1, 0.15) is 34.1 Å². The van der Waals surface area contributed by atoms with Crippen molar-refractivity contribution in [3.63, 3.8) is 0 Å². The van der Waals surface area contributed by atoms with Crippen molar-refractivity contribution in [2.75, 3.05) is 5.32 Å². The largest absolute Gasteiger partial charge is 0.321 e. The van der Waals surface area contributed by atoms with Gasteiger partial charge in [-0.25, -0.2) is 0 Å². The lowest BCUT2D eigenvalue weighted by Gasteiger charge is -2.18. The Bertz CT molecular complexity index is 650. The smallest absolute Gasteiger partial charge is 0.256 e. The van der Waals surface area contributed by atoms with E-state index in [1.54, 1.807) is 17.4 Å². The molecular weight excluding hydrogens is 290 g/mol. The van der Waals surface area contributed by atoms with Gasteiger partial charge < -0.3 is 5.32 Å². The molecule has 1 unspecified atom stereocenters. The molecule has 0 saturated carbocycles. The van der Waals surface area contributed by atoms with Crippen molar-refractivity contribution in [3.8, 4) is 0 Å². The third kappa shape index (κ3) is 2.60. The zero-order valence-corrected chi connectivity index (χ0v) is 12.9. The van der Waals surface area contributed by atoms with Crippen molar-refractivity contribution in [2.45, 2.75) is 26.2 Å². The molecule has 1 amide bonds. The lowest BCUT2D eigenvalue weighted by Crippen LogP contribution is -2.16. The normalized spacial score (nSPS) is 17.6. The van der Waals surface area contributed by atoms with Crippen molar-refractivity contribution in [1.29, 1.82) is 0 Å². The molecule has 0 spiro atoms. The summed E-state index contributed by atoms with van der Waals surface area (Å²) in [6, 6.07) is 7.32. The minimum absolute atomic E-state index is 0.0508. The highest BCUT2D eigenvalue weighted by atomic mass is 35.5. The number of benzene rings is 1. The molecule has 2 aromatic rings. The number of amides is 1. The highest BCUT2D eigenvalue weighted by Crippen LogP contribution is 2.33. The van der Waals surface area contributed by atoms with E-state index in [9.17, 15) is 4.79 Å². The van der Waals surface area contributed by atoms with Gasteiger partial charge in [-0.1, -0.05) is 30.7 Å². The number of hydrogen-bond donors (Lipinski definition) is 1. The van der Waals surface area contributed by atoms with Crippen LogP contribution in [0.25, 0.3) is 0 Å². The van der Waals surface area contributed by atoms with E-state index < -0.39 is 0 Å². The Morgan fingerprint density at radius 3 is 3.00 bits per heavy atom. The van der Waals surface area contributed by atoms with Crippen molar-refractivity contribution in [2.24, 2.45) is 5.92 Å².